The Morgan fingerprint density at radius 2 is 2.21 bits per heavy atom. The van der Waals surface area contributed by atoms with Crippen molar-refractivity contribution >= 4 is 11.9 Å². The van der Waals surface area contributed by atoms with E-state index < -0.39 is 11.9 Å². The van der Waals surface area contributed by atoms with Crippen LogP contribution in [-0.2, 0) is 9.59 Å². The molecule has 80 valence electrons. The van der Waals surface area contributed by atoms with Gasteiger partial charge in [-0.1, -0.05) is 0 Å². The summed E-state index contributed by atoms with van der Waals surface area (Å²) in [5.74, 6) is -1.56. The van der Waals surface area contributed by atoms with Crippen molar-refractivity contribution in [2.24, 2.45) is 11.7 Å². The van der Waals surface area contributed by atoms with Crippen molar-refractivity contribution in [2.45, 2.75) is 25.8 Å². The third kappa shape index (κ3) is 2.45. The summed E-state index contributed by atoms with van der Waals surface area (Å²) in [6.07, 6.45) is 1.50. The van der Waals surface area contributed by atoms with E-state index in [0.29, 0.717) is 6.42 Å². The van der Waals surface area contributed by atoms with Crippen LogP contribution >= 0.6 is 0 Å². The van der Waals surface area contributed by atoms with Gasteiger partial charge in [0.15, 0.2) is 0 Å². The van der Waals surface area contributed by atoms with Crippen LogP contribution in [0.25, 0.3) is 0 Å². The van der Waals surface area contributed by atoms with Crippen LogP contribution in [0.3, 0.4) is 0 Å². The van der Waals surface area contributed by atoms with Crippen LogP contribution < -0.4 is 5.73 Å². The second kappa shape index (κ2) is 4.41. The zero-order valence-corrected chi connectivity index (χ0v) is 8.27. The summed E-state index contributed by atoms with van der Waals surface area (Å²) in [6.45, 7) is 2.75. The Hall–Kier alpha value is -1.10. The van der Waals surface area contributed by atoms with Gasteiger partial charge in [-0.2, -0.15) is 0 Å². The number of likely N-dealkylation sites (tertiary alicyclic amines) is 1. The summed E-state index contributed by atoms with van der Waals surface area (Å²) in [5.41, 5.74) is 5.08. The maximum absolute atomic E-state index is 10.9. The zero-order valence-electron chi connectivity index (χ0n) is 8.27. The molecule has 0 aromatic heterocycles. The molecule has 0 saturated carbocycles. The molecule has 1 heterocycles. The van der Waals surface area contributed by atoms with Crippen molar-refractivity contribution in [1.82, 2.24) is 4.90 Å². The van der Waals surface area contributed by atoms with Gasteiger partial charge in [0, 0.05) is 6.04 Å². The number of carbonyl (C=O) groups is 2. The first-order chi connectivity index (χ1) is 6.52. The smallest absolute Gasteiger partial charge is 0.308 e. The molecule has 1 amide bonds. The lowest BCUT2D eigenvalue weighted by Gasteiger charge is -2.36. The third-order valence-electron chi connectivity index (χ3n) is 2.79. The second-order valence-corrected chi connectivity index (χ2v) is 3.76. The molecule has 1 aliphatic heterocycles. The van der Waals surface area contributed by atoms with Gasteiger partial charge in [0.2, 0.25) is 5.91 Å². The van der Waals surface area contributed by atoms with E-state index in [-0.39, 0.29) is 18.5 Å². The lowest BCUT2D eigenvalue weighted by molar-refractivity contribution is -0.146. The van der Waals surface area contributed by atoms with E-state index in [0.717, 1.165) is 13.0 Å². The molecule has 2 unspecified atom stereocenters. The average molecular weight is 200 g/mol. The van der Waals surface area contributed by atoms with Gasteiger partial charge >= 0.3 is 5.97 Å². The summed E-state index contributed by atoms with van der Waals surface area (Å²) in [7, 11) is 0. The number of carboxylic acid groups (broad SMARTS) is 1. The molecule has 0 aliphatic carbocycles. The lowest BCUT2D eigenvalue weighted by atomic mass is 9.90. The highest BCUT2D eigenvalue weighted by Crippen LogP contribution is 2.23. The van der Waals surface area contributed by atoms with Crippen LogP contribution in [0.5, 0.6) is 0 Å². The maximum atomic E-state index is 10.9. The number of hydrogen-bond acceptors (Lipinski definition) is 3. The van der Waals surface area contributed by atoms with Crippen LogP contribution in [0, 0.1) is 5.92 Å². The SMILES string of the molecule is CC1C(C(=O)O)CCCN1CC(N)=O. The Morgan fingerprint density at radius 1 is 1.57 bits per heavy atom. The first-order valence-corrected chi connectivity index (χ1v) is 4.77. The Bertz CT molecular complexity index is 242. The number of carbonyl (C=O) groups excluding carboxylic acids is 1. The largest absolute Gasteiger partial charge is 0.481 e. The molecular formula is C9H16N2O3. The Kier molecular flexibility index (Phi) is 3.46. The maximum Gasteiger partial charge on any atom is 0.308 e. The van der Waals surface area contributed by atoms with Crippen LogP contribution in [-0.4, -0.2) is 41.0 Å². The molecule has 1 rings (SSSR count). The van der Waals surface area contributed by atoms with Crippen LogP contribution in [0.4, 0.5) is 0 Å². The Morgan fingerprint density at radius 3 is 2.71 bits per heavy atom. The molecule has 0 radical (unpaired) electrons. The van der Waals surface area contributed by atoms with E-state index >= 15 is 0 Å². The molecule has 5 heteroatoms. The molecule has 0 bridgehead atoms. The highest BCUT2D eigenvalue weighted by molar-refractivity contribution is 5.76. The number of amides is 1. The van der Waals surface area contributed by atoms with Gasteiger partial charge in [0.25, 0.3) is 0 Å². The standard InChI is InChI=1S/C9H16N2O3/c1-6-7(9(13)14)3-2-4-11(6)5-8(10)12/h6-7H,2-5H2,1H3,(H2,10,12)(H,13,14). The molecule has 3 N–H and O–H groups in total. The van der Waals surface area contributed by atoms with Crippen molar-refractivity contribution < 1.29 is 14.7 Å². The number of nitrogens with zero attached hydrogens (tertiary/aromatic N) is 1. The molecule has 1 aliphatic rings. The van der Waals surface area contributed by atoms with Crippen molar-refractivity contribution in [3.63, 3.8) is 0 Å². The van der Waals surface area contributed by atoms with Crippen LogP contribution in [0.2, 0.25) is 0 Å². The lowest BCUT2D eigenvalue weighted by Crippen LogP contribution is -2.49. The first-order valence-electron chi connectivity index (χ1n) is 4.77. The van der Waals surface area contributed by atoms with E-state index in [1.165, 1.54) is 0 Å². The minimum absolute atomic E-state index is 0.103. The number of nitrogens with two attached hydrogens (primary N) is 1. The molecule has 0 spiro atoms. The van der Waals surface area contributed by atoms with E-state index in [4.69, 9.17) is 10.8 Å². The Balaban J connectivity index is 2.61. The van der Waals surface area contributed by atoms with Crippen molar-refractivity contribution in [2.75, 3.05) is 13.1 Å². The number of hydrogen-bond donors (Lipinski definition) is 2. The average Bonchev–Trinajstić information content (AvgIpc) is 2.07. The third-order valence-corrected chi connectivity index (χ3v) is 2.79. The topological polar surface area (TPSA) is 83.6 Å². The molecule has 1 saturated heterocycles. The summed E-state index contributed by atoms with van der Waals surface area (Å²) in [4.78, 5) is 23.4. The van der Waals surface area contributed by atoms with Gasteiger partial charge in [-0.3, -0.25) is 14.5 Å². The molecule has 1 fully saturated rings. The number of rotatable bonds is 3. The quantitative estimate of drug-likeness (QED) is 0.652. The molecule has 0 aromatic carbocycles. The van der Waals surface area contributed by atoms with Crippen LogP contribution in [0.15, 0.2) is 0 Å². The van der Waals surface area contributed by atoms with Gasteiger partial charge in [0.1, 0.15) is 0 Å². The predicted molar refractivity (Wildman–Crippen MR) is 50.6 cm³/mol. The normalized spacial score (nSPS) is 28.6. The molecule has 2 atom stereocenters. The van der Waals surface area contributed by atoms with Crippen molar-refractivity contribution in [3.8, 4) is 0 Å². The fraction of sp³-hybridized carbons (Fsp3) is 0.778. The fourth-order valence-corrected chi connectivity index (χ4v) is 1.97. The summed E-state index contributed by atoms with van der Waals surface area (Å²) >= 11 is 0. The molecular weight excluding hydrogens is 184 g/mol. The molecule has 0 aromatic rings. The number of primary amides is 1. The van der Waals surface area contributed by atoms with Crippen LogP contribution in [0.1, 0.15) is 19.8 Å². The van der Waals surface area contributed by atoms with E-state index in [2.05, 4.69) is 0 Å². The molecule has 5 nitrogen and oxygen atoms in total. The highest BCUT2D eigenvalue weighted by atomic mass is 16.4. The molecule has 14 heavy (non-hydrogen) atoms. The van der Waals surface area contributed by atoms with Gasteiger partial charge in [-0.25, -0.2) is 0 Å². The number of carboxylic acids is 1. The van der Waals surface area contributed by atoms with Crippen molar-refractivity contribution in [3.05, 3.63) is 0 Å². The monoisotopic (exact) mass is 200 g/mol. The fourth-order valence-electron chi connectivity index (χ4n) is 1.97. The number of piperidine rings is 1. The minimum Gasteiger partial charge on any atom is -0.481 e. The van der Waals surface area contributed by atoms with Gasteiger partial charge in [-0.15, -0.1) is 0 Å². The summed E-state index contributed by atoms with van der Waals surface area (Å²) < 4.78 is 0. The number of aliphatic carboxylic acids is 1. The second-order valence-electron chi connectivity index (χ2n) is 3.76. The Labute approximate surface area is 82.9 Å². The van der Waals surface area contributed by atoms with E-state index in [9.17, 15) is 9.59 Å². The van der Waals surface area contributed by atoms with Crippen molar-refractivity contribution in [1.29, 1.82) is 0 Å². The van der Waals surface area contributed by atoms with Gasteiger partial charge in [-0.05, 0) is 26.3 Å². The summed E-state index contributed by atoms with van der Waals surface area (Å²) in [6, 6.07) is -0.103. The van der Waals surface area contributed by atoms with Gasteiger partial charge in [0.05, 0.1) is 12.5 Å². The highest BCUT2D eigenvalue weighted by Gasteiger charge is 2.33. The zero-order chi connectivity index (χ0) is 10.7. The summed E-state index contributed by atoms with van der Waals surface area (Å²) in [5, 5.41) is 8.92. The minimum atomic E-state index is -0.785. The first kappa shape index (κ1) is 11.0. The van der Waals surface area contributed by atoms with E-state index in [1.807, 2.05) is 11.8 Å². The van der Waals surface area contributed by atoms with E-state index in [1.54, 1.807) is 0 Å². The predicted octanol–water partition coefficient (Wildman–Crippen LogP) is -0.343. The van der Waals surface area contributed by atoms with Gasteiger partial charge < -0.3 is 10.8 Å².